The maximum atomic E-state index is 5.53. The van der Waals surface area contributed by atoms with Crippen LogP contribution in [0, 0.1) is 0 Å². The highest BCUT2D eigenvalue weighted by Crippen LogP contribution is 1.93. The predicted octanol–water partition coefficient (Wildman–Crippen LogP) is -0.245. The summed E-state index contributed by atoms with van der Waals surface area (Å²) in [5.74, 6) is 0.514. The fraction of sp³-hybridized carbons (Fsp3) is 0.333. The van der Waals surface area contributed by atoms with Crippen LogP contribution in [-0.4, -0.2) is 22.4 Å². The standard InChI is InChI=1S/C6H10N4/c1-8-6(7)5-3-9-4-10(5)2/h3-4H,1-2H3,(H2,7,8). The number of rotatable bonds is 1. The molecule has 0 aliphatic rings. The van der Waals surface area contributed by atoms with E-state index < -0.39 is 0 Å². The molecule has 1 heterocycles. The Morgan fingerprint density at radius 2 is 2.50 bits per heavy atom. The van der Waals surface area contributed by atoms with Crippen molar-refractivity contribution in [2.45, 2.75) is 0 Å². The Morgan fingerprint density at radius 1 is 1.80 bits per heavy atom. The second-order valence-electron chi connectivity index (χ2n) is 2.00. The van der Waals surface area contributed by atoms with Crippen LogP contribution in [0.15, 0.2) is 17.5 Å². The van der Waals surface area contributed by atoms with E-state index in [1.54, 1.807) is 19.6 Å². The van der Waals surface area contributed by atoms with E-state index in [0.717, 1.165) is 5.69 Å². The summed E-state index contributed by atoms with van der Waals surface area (Å²) in [6.45, 7) is 0. The Balaban J connectivity index is 3.05. The van der Waals surface area contributed by atoms with Crippen LogP contribution >= 0.6 is 0 Å². The van der Waals surface area contributed by atoms with Gasteiger partial charge in [0.1, 0.15) is 11.5 Å². The molecule has 0 atom stereocenters. The second kappa shape index (κ2) is 2.51. The van der Waals surface area contributed by atoms with Crippen molar-refractivity contribution >= 4 is 5.84 Å². The summed E-state index contributed by atoms with van der Waals surface area (Å²) in [6, 6.07) is 0. The van der Waals surface area contributed by atoms with Gasteiger partial charge >= 0.3 is 0 Å². The lowest BCUT2D eigenvalue weighted by molar-refractivity contribution is 0.899. The van der Waals surface area contributed by atoms with Crippen molar-refractivity contribution in [3.63, 3.8) is 0 Å². The summed E-state index contributed by atoms with van der Waals surface area (Å²) in [5.41, 5.74) is 6.38. The van der Waals surface area contributed by atoms with Gasteiger partial charge in [0.2, 0.25) is 0 Å². The van der Waals surface area contributed by atoms with E-state index in [1.807, 2.05) is 11.6 Å². The number of nitrogens with zero attached hydrogens (tertiary/aromatic N) is 3. The molecule has 1 rings (SSSR count). The van der Waals surface area contributed by atoms with Crippen LogP contribution < -0.4 is 5.73 Å². The van der Waals surface area contributed by atoms with Gasteiger partial charge in [-0.3, -0.25) is 4.99 Å². The highest BCUT2D eigenvalue weighted by molar-refractivity contribution is 5.95. The molecule has 4 nitrogen and oxygen atoms in total. The molecule has 0 saturated carbocycles. The normalized spacial score (nSPS) is 12.0. The molecule has 0 saturated heterocycles. The lowest BCUT2D eigenvalue weighted by atomic mass is 10.4. The second-order valence-corrected chi connectivity index (χ2v) is 2.00. The van der Waals surface area contributed by atoms with Crippen LogP contribution in [0.2, 0.25) is 0 Å². The Hall–Kier alpha value is -1.32. The molecule has 4 heteroatoms. The molecule has 1 aromatic rings. The Bertz CT molecular complexity index is 248. The van der Waals surface area contributed by atoms with Crippen LogP contribution in [0.5, 0.6) is 0 Å². The highest BCUT2D eigenvalue weighted by Gasteiger charge is 1.99. The van der Waals surface area contributed by atoms with Crippen molar-refractivity contribution in [3.05, 3.63) is 18.2 Å². The van der Waals surface area contributed by atoms with Crippen molar-refractivity contribution in [1.29, 1.82) is 0 Å². The SMILES string of the molecule is CN=C(N)c1cncn1C. The zero-order valence-corrected chi connectivity index (χ0v) is 6.07. The molecule has 0 aliphatic heterocycles. The number of aliphatic imine (C=N–C) groups is 1. The Labute approximate surface area is 59.4 Å². The smallest absolute Gasteiger partial charge is 0.144 e. The molecular weight excluding hydrogens is 128 g/mol. The largest absolute Gasteiger partial charge is 0.382 e. The van der Waals surface area contributed by atoms with Crippen molar-refractivity contribution < 1.29 is 0 Å². The Morgan fingerprint density at radius 3 is 2.90 bits per heavy atom. The summed E-state index contributed by atoms with van der Waals surface area (Å²) >= 11 is 0. The lowest BCUT2D eigenvalue weighted by Gasteiger charge is -1.97. The molecule has 0 aliphatic carbocycles. The molecule has 10 heavy (non-hydrogen) atoms. The fourth-order valence-electron chi connectivity index (χ4n) is 0.719. The van der Waals surface area contributed by atoms with Gasteiger partial charge in [0.15, 0.2) is 0 Å². The highest BCUT2D eigenvalue weighted by atomic mass is 15.0. The third-order valence-electron chi connectivity index (χ3n) is 1.32. The molecule has 0 bridgehead atoms. The van der Waals surface area contributed by atoms with Gasteiger partial charge in [-0.1, -0.05) is 0 Å². The van der Waals surface area contributed by atoms with Gasteiger partial charge < -0.3 is 10.3 Å². The first kappa shape index (κ1) is 6.80. The molecule has 0 unspecified atom stereocenters. The predicted molar refractivity (Wildman–Crippen MR) is 39.9 cm³/mol. The zero-order valence-electron chi connectivity index (χ0n) is 6.07. The summed E-state index contributed by atoms with van der Waals surface area (Å²) in [6.07, 6.45) is 3.37. The van der Waals surface area contributed by atoms with E-state index >= 15 is 0 Å². The van der Waals surface area contributed by atoms with Gasteiger partial charge in [-0.15, -0.1) is 0 Å². The van der Waals surface area contributed by atoms with E-state index in [4.69, 9.17) is 5.73 Å². The monoisotopic (exact) mass is 138 g/mol. The maximum Gasteiger partial charge on any atom is 0.144 e. The number of hydrogen-bond donors (Lipinski definition) is 1. The molecule has 1 aromatic heterocycles. The van der Waals surface area contributed by atoms with Crippen LogP contribution in [-0.2, 0) is 7.05 Å². The summed E-state index contributed by atoms with van der Waals surface area (Å²) in [7, 11) is 3.53. The minimum Gasteiger partial charge on any atom is -0.382 e. The van der Waals surface area contributed by atoms with Gasteiger partial charge in [-0.2, -0.15) is 0 Å². The third kappa shape index (κ3) is 1.00. The molecule has 0 fully saturated rings. The van der Waals surface area contributed by atoms with Crippen molar-refractivity contribution in [3.8, 4) is 0 Å². The van der Waals surface area contributed by atoms with Gasteiger partial charge in [0.05, 0.1) is 12.5 Å². The first-order valence-corrected chi connectivity index (χ1v) is 2.94. The van der Waals surface area contributed by atoms with Gasteiger partial charge in [0.25, 0.3) is 0 Å². The first-order valence-electron chi connectivity index (χ1n) is 2.94. The fourth-order valence-corrected chi connectivity index (χ4v) is 0.719. The van der Waals surface area contributed by atoms with Crippen LogP contribution in [0.1, 0.15) is 5.69 Å². The number of aromatic nitrogens is 2. The average Bonchev–Trinajstić information content (AvgIpc) is 2.34. The molecule has 2 N–H and O–H groups in total. The van der Waals surface area contributed by atoms with Crippen LogP contribution in [0.3, 0.4) is 0 Å². The Kier molecular flexibility index (Phi) is 1.71. The minimum absolute atomic E-state index is 0.514. The molecule has 0 amide bonds. The molecule has 54 valence electrons. The summed E-state index contributed by atoms with van der Waals surface area (Å²) in [4.78, 5) is 7.72. The van der Waals surface area contributed by atoms with Gasteiger partial charge in [0, 0.05) is 14.1 Å². The van der Waals surface area contributed by atoms with E-state index in [9.17, 15) is 0 Å². The molecular formula is C6H10N4. The minimum atomic E-state index is 0.514. The first-order chi connectivity index (χ1) is 4.75. The number of aryl methyl sites for hydroxylation is 1. The number of imidazole rings is 1. The quantitative estimate of drug-likeness (QED) is 0.430. The van der Waals surface area contributed by atoms with Gasteiger partial charge in [-0.25, -0.2) is 4.98 Å². The van der Waals surface area contributed by atoms with E-state index in [-0.39, 0.29) is 0 Å². The van der Waals surface area contributed by atoms with Crippen LogP contribution in [0.4, 0.5) is 0 Å². The van der Waals surface area contributed by atoms with Gasteiger partial charge in [-0.05, 0) is 0 Å². The van der Waals surface area contributed by atoms with E-state index in [2.05, 4.69) is 9.98 Å². The number of hydrogen-bond acceptors (Lipinski definition) is 2. The summed E-state index contributed by atoms with van der Waals surface area (Å²) in [5, 5.41) is 0. The van der Waals surface area contributed by atoms with Crippen molar-refractivity contribution in [2.24, 2.45) is 17.8 Å². The van der Waals surface area contributed by atoms with Crippen molar-refractivity contribution in [1.82, 2.24) is 9.55 Å². The molecule has 0 spiro atoms. The number of nitrogens with two attached hydrogens (primary N) is 1. The third-order valence-corrected chi connectivity index (χ3v) is 1.32. The van der Waals surface area contributed by atoms with E-state index in [0.29, 0.717) is 5.84 Å². The molecule has 0 radical (unpaired) electrons. The summed E-state index contributed by atoms with van der Waals surface area (Å²) < 4.78 is 1.82. The average molecular weight is 138 g/mol. The maximum absolute atomic E-state index is 5.53. The lowest BCUT2D eigenvalue weighted by Crippen LogP contribution is -2.16. The topological polar surface area (TPSA) is 56.2 Å². The van der Waals surface area contributed by atoms with E-state index in [1.165, 1.54) is 0 Å². The number of amidine groups is 1. The zero-order chi connectivity index (χ0) is 7.56. The van der Waals surface area contributed by atoms with Crippen molar-refractivity contribution in [2.75, 3.05) is 7.05 Å². The van der Waals surface area contributed by atoms with Crippen LogP contribution in [0.25, 0.3) is 0 Å². The molecule has 0 aromatic carbocycles.